The normalized spacial score (nSPS) is 19.0. The highest BCUT2D eigenvalue weighted by Crippen LogP contribution is 2.40. The number of pyridine rings is 1. The Morgan fingerprint density at radius 1 is 1.14 bits per heavy atom. The first-order valence-electron chi connectivity index (χ1n) is 14.0. The van der Waals surface area contributed by atoms with Crippen LogP contribution in [0.15, 0.2) is 71.4 Å². The summed E-state index contributed by atoms with van der Waals surface area (Å²) in [5, 5.41) is 4.41. The van der Waals surface area contributed by atoms with Gasteiger partial charge >= 0.3 is 0 Å². The molecule has 5 rings (SSSR count). The molecule has 1 aliphatic carbocycles. The van der Waals surface area contributed by atoms with Crippen LogP contribution in [0.1, 0.15) is 18.4 Å². The number of halogens is 3. The highest BCUT2D eigenvalue weighted by Gasteiger charge is 2.35. The molecule has 0 spiro atoms. The second-order valence-corrected chi connectivity index (χ2v) is 10.7. The van der Waals surface area contributed by atoms with Gasteiger partial charge in [0.15, 0.2) is 22.4 Å². The number of thiocarbonyl (C=S) groups is 1. The number of benzene rings is 2. The van der Waals surface area contributed by atoms with E-state index in [1.54, 1.807) is 30.5 Å². The number of morpholine rings is 1. The van der Waals surface area contributed by atoms with Gasteiger partial charge in [-0.05, 0) is 54.5 Å². The number of hydrogen-bond acceptors (Lipinski definition) is 8. The van der Waals surface area contributed by atoms with Gasteiger partial charge in [0.1, 0.15) is 23.2 Å². The molecule has 0 saturated carbocycles. The minimum Gasteiger partial charge on any atom is -0.493 e. The smallest absolute Gasteiger partial charge is 0.184 e. The summed E-state index contributed by atoms with van der Waals surface area (Å²) in [6.07, 6.45) is 6.29. The third kappa shape index (κ3) is 7.47. The van der Waals surface area contributed by atoms with Crippen LogP contribution in [-0.2, 0) is 10.2 Å². The number of nitrogens with zero attached hydrogens (tertiary/aromatic N) is 3. The molecule has 232 valence electrons. The molecular weight excluding hydrogens is 595 g/mol. The van der Waals surface area contributed by atoms with E-state index in [1.807, 2.05) is 0 Å². The van der Waals surface area contributed by atoms with Crippen LogP contribution in [0.5, 0.6) is 17.2 Å². The van der Waals surface area contributed by atoms with Gasteiger partial charge in [-0.3, -0.25) is 15.3 Å². The predicted molar refractivity (Wildman–Crippen MR) is 165 cm³/mol. The van der Waals surface area contributed by atoms with Crippen LogP contribution in [-0.4, -0.2) is 67.8 Å². The molecule has 0 radical (unpaired) electrons. The van der Waals surface area contributed by atoms with Crippen molar-refractivity contribution < 1.29 is 32.1 Å². The van der Waals surface area contributed by atoms with Crippen molar-refractivity contribution in [2.75, 3.05) is 46.6 Å². The quantitative estimate of drug-likeness (QED) is 0.133. The van der Waals surface area contributed by atoms with Crippen LogP contribution in [0.3, 0.4) is 0 Å². The van der Waals surface area contributed by atoms with Crippen LogP contribution in [0.2, 0.25) is 0 Å². The zero-order chi connectivity index (χ0) is 31.1. The first kappa shape index (κ1) is 31.2. The molecule has 1 fully saturated rings. The first-order chi connectivity index (χ1) is 21.3. The van der Waals surface area contributed by atoms with Crippen LogP contribution >= 0.6 is 12.2 Å². The number of methoxy groups -OCH3 is 1. The summed E-state index contributed by atoms with van der Waals surface area (Å²) in [5.74, 6) is -1.04. The molecule has 2 aliphatic rings. The number of fused-ring (bicyclic) bond motifs is 1. The molecule has 13 heteroatoms. The maximum absolute atomic E-state index is 15.7. The Balaban J connectivity index is 1.36. The topological polar surface area (TPSA) is 103 Å². The van der Waals surface area contributed by atoms with Gasteiger partial charge in [0, 0.05) is 56.0 Å². The summed E-state index contributed by atoms with van der Waals surface area (Å²) in [4.78, 5) is 6.77. The summed E-state index contributed by atoms with van der Waals surface area (Å²) < 4.78 is 67.0. The molecule has 44 heavy (non-hydrogen) atoms. The van der Waals surface area contributed by atoms with Crippen LogP contribution in [0.25, 0.3) is 10.9 Å². The van der Waals surface area contributed by atoms with Crippen molar-refractivity contribution in [3.63, 3.8) is 0 Å². The van der Waals surface area contributed by atoms with E-state index in [-0.39, 0.29) is 22.9 Å². The van der Waals surface area contributed by atoms with Gasteiger partial charge in [-0.2, -0.15) is 5.10 Å². The van der Waals surface area contributed by atoms with E-state index >= 15 is 4.39 Å². The summed E-state index contributed by atoms with van der Waals surface area (Å²) >= 11 is 4.77. The Morgan fingerprint density at radius 3 is 2.61 bits per heavy atom. The number of allylic oxidation sites excluding steroid dienone is 3. The SMILES string of the molecule is COc1cc2c(OC3=C(F)CC(C=NNC(N)=S)(c4cc(F)cc(F)c4)C=C3)ccnc2cc1OCCCN1CCOCC1. The number of rotatable bonds is 11. The van der Waals surface area contributed by atoms with Crippen molar-refractivity contribution in [2.45, 2.75) is 18.3 Å². The van der Waals surface area contributed by atoms with Gasteiger partial charge < -0.3 is 24.7 Å². The second kappa shape index (κ2) is 14.1. The standard InChI is InChI=1S/C31H32F3N5O4S/c1-40-28-16-23-25(17-29(28)42-10-2-7-39-8-11-41-12-9-39)36-6-4-26(23)43-27-3-5-31(18-24(27)34,19-37-38-30(35)44)20-13-21(32)15-22(33)14-20/h3-6,13-17,19H,2,7-12,18H2,1H3,(H3,35,38,44). The van der Waals surface area contributed by atoms with E-state index in [4.69, 9.17) is 36.9 Å². The third-order valence-electron chi connectivity index (χ3n) is 7.30. The van der Waals surface area contributed by atoms with Crippen molar-refractivity contribution in [3.05, 3.63) is 83.5 Å². The van der Waals surface area contributed by atoms with Crippen molar-refractivity contribution in [2.24, 2.45) is 10.8 Å². The van der Waals surface area contributed by atoms with E-state index < -0.39 is 22.9 Å². The van der Waals surface area contributed by atoms with Crippen LogP contribution in [0.4, 0.5) is 13.2 Å². The number of hydrazone groups is 1. The Bertz CT molecular complexity index is 1590. The molecule has 1 saturated heterocycles. The summed E-state index contributed by atoms with van der Waals surface area (Å²) in [5.41, 5.74) is 7.20. The fourth-order valence-electron chi connectivity index (χ4n) is 5.11. The summed E-state index contributed by atoms with van der Waals surface area (Å²) in [6.45, 7) is 4.71. The van der Waals surface area contributed by atoms with E-state index in [0.717, 1.165) is 57.5 Å². The molecule has 1 aromatic heterocycles. The highest BCUT2D eigenvalue weighted by atomic mass is 32.1. The third-order valence-corrected chi connectivity index (χ3v) is 7.39. The number of nitrogens with one attached hydrogen (secondary N) is 1. The fourth-order valence-corrected chi connectivity index (χ4v) is 5.16. The lowest BCUT2D eigenvalue weighted by Gasteiger charge is -2.30. The molecule has 0 bridgehead atoms. The molecule has 2 heterocycles. The Kier molecular flexibility index (Phi) is 9.98. The lowest BCUT2D eigenvalue weighted by atomic mass is 9.75. The van der Waals surface area contributed by atoms with Crippen molar-refractivity contribution >= 4 is 34.4 Å². The molecule has 3 N–H and O–H groups in total. The molecule has 3 aromatic rings. The Labute approximate surface area is 258 Å². The monoisotopic (exact) mass is 627 g/mol. The maximum Gasteiger partial charge on any atom is 0.184 e. The van der Waals surface area contributed by atoms with E-state index in [1.165, 1.54) is 19.4 Å². The zero-order valence-corrected chi connectivity index (χ0v) is 24.8. The summed E-state index contributed by atoms with van der Waals surface area (Å²) in [6, 6.07) is 8.06. The highest BCUT2D eigenvalue weighted by molar-refractivity contribution is 7.80. The van der Waals surface area contributed by atoms with Gasteiger partial charge in [-0.25, -0.2) is 13.2 Å². The van der Waals surface area contributed by atoms with Gasteiger partial charge in [0.25, 0.3) is 0 Å². The largest absolute Gasteiger partial charge is 0.493 e. The number of nitrogens with two attached hydrogens (primary N) is 1. The van der Waals surface area contributed by atoms with E-state index in [2.05, 4.69) is 20.4 Å². The maximum atomic E-state index is 15.7. The lowest BCUT2D eigenvalue weighted by molar-refractivity contribution is 0.0357. The molecule has 1 aliphatic heterocycles. The minimum absolute atomic E-state index is 0.0805. The average Bonchev–Trinajstić information content (AvgIpc) is 3.00. The molecule has 9 nitrogen and oxygen atoms in total. The van der Waals surface area contributed by atoms with Crippen LogP contribution < -0.4 is 25.4 Å². The zero-order valence-electron chi connectivity index (χ0n) is 24.0. The number of ether oxygens (including phenoxy) is 4. The fraction of sp³-hybridized carbons (Fsp3) is 0.323. The lowest BCUT2D eigenvalue weighted by Crippen LogP contribution is -2.37. The second-order valence-electron chi connectivity index (χ2n) is 10.3. The van der Waals surface area contributed by atoms with E-state index in [9.17, 15) is 8.78 Å². The van der Waals surface area contributed by atoms with Gasteiger partial charge in [-0.15, -0.1) is 0 Å². The average molecular weight is 628 g/mol. The van der Waals surface area contributed by atoms with Gasteiger partial charge in [-0.1, -0.05) is 6.08 Å². The van der Waals surface area contributed by atoms with Gasteiger partial charge in [0.05, 0.1) is 37.9 Å². The van der Waals surface area contributed by atoms with Crippen molar-refractivity contribution in [1.29, 1.82) is 0 Å². The van der Waals surface area contributed by atoms with Crippen molar-refractivity contribution in [3.8, 4) is 17.2 Å². The Hall–Kier alpha value is -4.20. The molecule has 1 atom stereocenters. The molecule has 0 amide bonds. The number of aromatic nitrogens is 1. The number of hydrogen-bond donors (Lipinski definition) is 2. The van der Waals surface area contributed by atoms with Gasteiger partial charge in [0.2, 0.25) is 0 Å². The molecular formula is C31H32F3N5O4S. The minimum atomic E-state index is -1.35. The van der Waals surface area contributed by atoms with E-state index in [0.29, 0.717) is 34.8 Å². The first-order valence-corrected chi connectivity index (χ1v) is 14.4. The van der Waals surface area contributed by atoms with Crippen molar-refractivity contribution in [1.82, 2.24) is 15.3 Å². The predicted octanol–water partition coefficient (Wildman–Crippen LogP) is 4.90. The molecule has 2 aromatic carbocycles. The summed E-state index contributed by atoms with van der Waals surface area (Å²) in [7, 11) is 1.54. The molecule has 1 unspecified atom stereocenters. The Morgan fingerprint density at radius 2 is 1.91 bits per heavy atom. The van der Waals surface area contributed by atoms with Crippen LogP contribution in [0, 0.1) is 11.6 Å².